The molecule has 1 N–H and O–H groups in total. The number of carbonyl (C=O) groups excluding carboxylic acids is 2. The first kappa shape index (κ1) is 18.1. The number of nitrogens with one attached hydrogen (secondary N) is 1. The van der Waals surface area contributed by atoms with Crippen molar-refractivity contribution in [2.75, 3.05) is 32.4 Å². The minimum absolute atomic E-state index is 0.0329. The van der Waals surface area contributed by atoms with Gasteiger partial charge in [0.1, 0.15) is 0 Å². The Labute approximate surface area is 154 Å². The van der Waals surface area contributed by atoms with Crippen LogP contribution in [0, 0.1) is 0 Å². The number of urea groups is 1. The fraction of sp³-hybridized carbons (Fsp3) is 0.579. The smallest absolute Gasteiger partial charge is 0.317 e. The first-order chi connectivity index (χ1) is 12.2. The summed E-state index contributed by atoms with van der Waals surface area (Å²) in [7, 11) is 0. The average Bonchev–Trinajstić information content (AvgIpc) is 3.02. The van der Waals surface area contributed by atoms with Crippen LogP contribution >= 0.6 is 11.8 Å². The number of thioether (sulfide) groups is 1. The van der Waals surface area contributed by atoms with E-state index in [9.17, 15) is 9.59 Å². The second-order valence-electron chi connectivity index (χ2n) is 6.79. The quantitative estimate of drug-likeness (QED) is 0.841. The Morgan fingerprint density at radius 3 is 2.28 bits per heavy atom. The van der Waals surface area contributed by atoms with E-state index in [1.807, 2.05) is 40.3 Å². The third-order valence-electron chi connectivity index (χ3n) is 5.09. The van der Waals surface area contributed by atoms with Crippen molar-refractivity contribution in [3.05, 3.63) is 29.8 Å². The molecule has 2 fully saturated rings. The number of hydrogen-bond acceptors (Lipinski definition) is 3. The summed E-state index contributed by atoms with van der Waals surface area (Å²) < 4.78 is 0. The standard InChI is InChI=1S/C19H27N3O2S/c1-25-17-9-7-15(8-10-17)18(23)21-11-4-12-22(14-13-21)19(24)20-16-5-2-3-6-16/h7-10,16H,2-6,11-14H2,1H3,(H,20,24). The second-order valence-corrected chi connectivity index (χ2v) is 7.67. The average molecular weight is 362 g/mol. The lowest BCUT2D eigenvalue weighted by molar-refractivity contribution is 0.0762. The van der Waals surface area contributed by atoms with Crippen molar-refractivity contribution >= 4 is 23.7 Å². The Morgan fingerprint density at radius 1 is 0.960 bits per heavy atom. The first-order valence-electron chi connectivity index (χ1n) is 9.16. The van der Waals surface area contributed by atoms with Crippen LogP contribution < -0.4 is 5.32 Å². The molecule has 136 valence electrons. The summed E-state index contributed by atoms with van der Waals surface area (Å²) in [6, 6.07) is 8.12. The summed E-state index contributed by atoms with van der Waals surface area (Å²) in [6.45, 7) is 2.62. The largest absolute Gasteiger partial charge is 0.337 e. The van der Waals surface area contributed by atoms with Crippen LogP contribution in [-0.4, -0.2) is 60.2 Å². The zero-order chi connectivity index (χ0) is 17.6. The minimum atomic E-state index is 0.0329. The molecule has 1 aliphatic carbocycles. The highest BCUT2D eigenvalue weighted by Crippen LogP contribution is 2.19. The van der Waals surface area contributed by atoms with Crippen LogP contribution in [0.5, 0.6) is 0 Å². The van der Waals surface area contributed by atoms with Gasteiger partial charge in [0.25, 0.3) is 5.91 Å². The van der Waals surface area contributed by atoms with Crippen molar-refractivity contribution in [3.63, 3.8) is 0 Å². The van der Waals surface area contributed by atoms with Gasteiger partial charge in [0.15, 0.2) is 0 Å². The summed E-state index contributed by atoms with van der Waals surface area (Å²) in [5.74, 6) is 0.0608. The maximum absolute atomic E-state index is 12.7. The van der Waals surface area contributed by atoms with E-state index < -0.39 is 0 Å². The van der Waals surface area contributed by atoms with Crippen LogP contribution in [0.4, 0.5) is 4.79 Å². The van der Waals surface area contributed by atoms with Gasteiger partial charge in [-0.25, -0.2) is 4.79 Å². The van der Waals surface area contributed by atoms with Crippen molar-refractivity contribution < 1.29 is 9.59 Å². The van der Waals surface area contributed by atoms with Crippen molar-refractivity contribution in [3.8, 4) is 0 Å². The molecule has 1 saturated carbocycles. The Morgan fingerprint density at radius 2 is 1.60 bits per heavy atom. The molecule has 1 aromatic rings. The first-order valence-corrected chi connectivity index (χ1v) is 10.4. The normalized spacial score (nSPS) is 18.9. The molecule has 25 heavy (non-hydrogen) atoms. The zero-order valence-corrected chi connectivity index (χ0v) is 15.7. The molecule has 0 atom stereocenters. The van der Waals surface area contributed by atoms with Crippen molar-refractivity contribution in [2.24, 2.45) is 0 Å². The van der Waals surface area contributed by atoms with E-state index in [0.717, 1.165) is 29.7 Å². The highest BCUT2D eigenvalue weighted by Gasteiger charge is 2.25. The van der Waals surface area contributed by atoms with Gasteiger partial charge in [-0.1, -0.05) is 12.8 Å². The fourth-order valence-corrected chi connectivity index (χ4v) is 3.98. The SMILES string of the molecule is CSc1ccc(C(=O)N2CCCN(C(=O)NC3CCCC3)CC2)cc1. The highest BCUT2D eigenvalue weighted by molar-refractivity contribution is 7.98. The zero-order valence-electron chi connectivity index (χ0n) is 14.9. The maximum Gasteiger partial charge on any atom is 0.317 e. The monoisotopic (exact) mass is 361 g/mol. The lowest BCUT2D eigenvalue weighted by atomic mass is 10.2. The van der Waals surface area contributed by atoms with Gasteiger partial charge in [-0.05, 0) is 49.8 Å². The van der Waals surface area contributed by atoms with E-state index in [4.69, 9.17) is 0 Å². The molecule has 0 unspecified atom stereocenters. The minimum Gasteiger partial charge on any atom is -0.337 e. The Hall–Kier alpha value is -1.69. The molecule has 1 heterocycles. The summed E-state index contributed by atoms with van der Waals surface area (Å²) in [6.07, 6.45) is 7.46. The number of nitrogens with zero attached hydrogens (tertiary/aromatic N) is 2. The molecule has 5 nitrogen and oxygen atoms in total. The molecule has 0 aromatic heterocycles. The highest BCUT2D eigenvalue weighted by atomic mass is 32.2. The molecule has 1 saturated heterocycles. The van der Waals surface area contributed by atoms with E-state index >= 15 is 0 Å². The maximum atomic E-state index is 12.7. The topological polar surface area (TPSA) is 52.7 Å². The molecule has 1 aromatic carbocycles. The number of amides is 3. The summed E-state index contributed by atoms with van der Waals surface area (Å²) in [4.78, 5) is 30.0. The molecular formula is C19H27N3O2S. The van der Waals surface area contributed by atoms with Crippen LogP contribution in [0.2, 0.25) is 0 Å². The molecule has 0 radical (unpaired) electrons. The molecule has 3 rings (SSSR count). The number of hydrogen-bond donors (Lipinski definition) is 1. The third kappa shape index (κ3) is 4.69. The Balaban J connectivity index is 1.54. The fourth-order valence-electron chi connectivity index (χ4n) is 3.58. The lowest BCUT2D eigenvalue weighted by Gasteiger charge is -2.24. The van der Waals surface area contributed by atoms with Gasteiger partial charge in [0, 0.05) is 42.7 Å². The number of rotatable bonds is 3. The second kappa shape index (κ2) is 8.61. The summed E-state index contributed by atoms with van der Waals surface area (Å²) >= 11 is 1.67. The van der Waals surface area contributed by atoms with Gasteiger partial charge in [-0.15, -0.1) is 11.8 Å². The molecule has 0 spiro atoms. The van der Waals surface area contributed by atoms with Crippen molar-refractivity contribution in [1.29, 1.82) is 0 Å². The van der Waals surface area contributed by atoms with Gasteiger partial charge in [0.2, 0.25) is 0 Å². The van der Waals surface area contributed by atoms with E-state index in [2.05, 4.69) is 5.32 Å². The van der Waals surface area contributed by atoms with Gasteiger partial charge in [-0.2, -0.15) is 0 Å². The van der Waals surface area contributed by atoms with Crippen LogP contribution in [0.3, 0.4) is 0 Å². The van der Waals surface area contributed by atoms with E-state index in [1.54, 1.807) is 11.8 Å². The van der Waals surface area contributed by atoms with Crippen LogP contribution in [0.15, 0.2) is 29.2 Å². The molecule has 0 bridgehead atoms. The lowest BCUT2D eigenvalue weighted by Crippen LogP contribution is -2.45. The van der Waals surface area contributed by atoms with Crippen molar-refractivity contribution in [2.45, 2.75) is 43.0 Å². The molecule has 1 aliphatic heterocycles. The number of carbonyl (C=O) groups is 2. The summed E-state index contributed by atoms with van der Waals surface area (Å²) in [5.41, 5.74) is 0.724. The Kier molecular flexibility index (Phi) is 6.24. The van der Waals surface area contributed by atoms with Crippen LogP contribution in [0.1, 0.15) is 42.5 Å². The van der Waals surface area contributed by atoms with Crippen molar-refractivity contribution in [1.82, 2.24) is 15.1 Å². The van der Waals surface area contributed by atoms with Crippen LogP contribution in [-0.2, 0) is 0 Å². The molecule has 6 heteroatoms. The van der Waals surface area contributed by atoms with Gasteiger partial charge >= 0.3 is 6.03 Å². The third-order valence-corrected chi connectivity index (χ3v) is 5.83. The van der Waals surface area contributed by atoms with Gasteiger partial charge < -0.3 is 15.1 Å². The van der Waals surface area contributed by atoms with E-state index in [0.29, 0.717) is 32.2 Å². The van der Waals surface area contributed by atoms with Crippen LogP contribution in [0.25, 0.3) is 0 Å². The Bertz CT molecular complexity index is 599. The number of benzene rings is 1. The van der Waals surface area contributed by atoms with Gasteiger partial charge in [0.05, 0.1) is 0 Å². The van der Waals surface area contributed by atoms with E-state index in [1.165, 1.54) is 12.8 Å². The van der Waals surface area contributed by atoms with Gasteiger partial charge in [-0.3, -0.25) is 4.79 Å². The predicted octanol–water partition coefficient (Wildman–Crippen LogP) is 3.21. The summed E-state index contributed by atoms with van der Waals surface area (Å²) in [5, 5.41) is 3.15. The molecule has 2 aliphatic rings. The molecular weight excluding hydrogens is 334 g/mol. The predicted molar refractivity (Wildman–Crippen MR) is 101 cm³/mol. The van der Waals surface area contributed by atoms with E-state index in [-0.39, 0.29) is 11.9 Å². The molecule has 3 amide bonds.